The Hall–Kier alpha value is -2.03. The van der Waals surface area contributed by atoms with E-state index in [1.807, 2.05) is 14.1 Å². The average molecular weight is 211 g/mol. The van der Waals surface area contributed by atoms with E-state index in [1.54, 1.807) is 6.34 Å². The van der Waals surface area contributed by atoms with E-state index in [0.29, 0.717) is 0 Å². The van der Waals surface area contributed by atoms with Gasteiger partial charge in [-0.25, -0.2) is 4.99 Å². The zero-order valence-electron chi connectivity index (χ0n) is 9.36. The molecule has 0 saturated heterocycles. The molecule has 3 heteroatoms. The summed E-state index contributed by atoms with van der Waals surface area (Å²) in [5.41, 5.74) is 3.33. The number of hydrogen-bond donors (Lipinski definition) is 1. The Labute approximate surface area is 94.4 Å². The highest BCUT2D eigenvalue weighted by Crippen LogP contribution is 2.40. The van der Waals surface area contributed by atoms with Gasteiger partial charge in [0.2, 0.25) is 0 Å². The molecule has 1 N–H and O–H groups in total. The third-order valence-corrected chi connectivity index (χ3v) is 2.89. The third kappa shape index (κ3) is 1.18. The van der Waals surface area contributed by atoms with E-state index in [0.717, 1.165) is 17.1 Å². The first kappa shape index (κ1) is 9.21. The molecule has 16 heavy (non-hydrogen) atoms. The van der Waals surface area contributed by atoms with Crippen molar-refractivity contribution >= 4 is 34.2 Å². The summed E-state index contributed by atoms with van der Waals surface area (Å²) in [4.78, 5) is 6.55. The highest BCUT2D eigenvalue weighted by Gasteiger charge is 2.13. The first-order valence-electron chi connectivity index (χ1n) is 5.29. The Morgan fingerprint density at radius 2 is 2.00 bits per heavy atom. The molecule has 0 amide bonds. The minimum absolute atomic E-state index is 1.05. The summed E-state index contributed by atoms with van der Waals surface area (Å²) in [6, 6.07) is 10.5. The fourth-order valence-electron chi connectivity index (χ4n) is 2.13. The van der Waals surface area contributed by atoms with Crippen LogP contribution in [0.25, 0.3) is 10.8 Å². The molecule has 0 bridgehead atoms. The number of anilines is 2. The van der Waals surface area contributed by atoms with Crippen LogP contribution < -0.4 is 10.2 Å². The highest BCUT2D eigenvalue weighted by molar-refractivity contribution is 6.11. The van der Waals surface area contributed by atoms with Crippen molar-refractivity contribution in [2.24, 2.45) is 4.99 Å². The van der Waals surface area contributed by atoms with Gasteiger partial charge in [-0.3, -0.25) is 0 Å². The summed E-state index contributed by atoms with van der Waals surface area (Å²) in [6.07, 6.45) is 1.75. The molecule has 0 spiro atoms. The zero-order valence-corrected chi connectivity index (χ0v) is 9.36. The van der Waals surface area contributed by atoms with Crippen LogP contribution in [0.1, 0.15) is 0 Å². The number of hydrogen-bond acceptors (Lipinski definition) is 3. The third-order valence-electron chi connectivity index (χ3n) is 2.89. The first-order chi connectivity index (χ1) is 7.77. The van der Waals surface area contributed by atoms with Crippen molar-refractivity contribution in [1.82, 2.24) is 0 Å². The molecule has 0 atom stereocenters. The minimum atomic E-state index is 1.05. The van der Waals surface area contributed by atoms with E-state index in [1.165, 1.54) is 10.8 Å². The molecule has 0 aromatic heterocycles. The van der Waals surface area contributed by atoms with Crippen molar-refractivity contribution in [3.63, 3.8) is 0 Å². The summed E-state index contributed by atoms with van der Waals surface area (Å²) >= 11 is 0. The first-order valence-corrected chi connectivity index (χ1v) is 5.29. The fourth-order valence-corrected chi connectivity index (χ4v) is 2.13. The summed E-state index contributed by atoms with van der Waals surface area (Å²) in [6.45, 7) is 0. The highest BCUT2D eigenvalue weighted by atomic mass is 15.1. The van der Waals surface area contributed by atoms with Crippen molar-refractivity contribution in [3.8, 4) is 0 Å². The lowest BCUT2D eigenvalue weighted by Crippen LogP contribution is -2.10. The quantitative estimate of drug-likeness (QED) is 0.785. The van der Waals surface area contributed by atoms with Gasteiger partial charge in [0.25, 0.3) is 0 Å². The maximum atomic E-state index is 4.45. The minimum Gasteiger partial charge on any atom is -0.376 e. The van der Waals surface area contributed by atoms with Crippen LogP contribution in [0.15, 0.2) is 35.3 Å². The van der Waals surface area contributed by atoms with Gasteiger partial charge >= 0.3 is 0 Å². The van der Waals surface area contributed by atoms with Crippen LogP contribution in [-0.4, -0.2) is 20.4 Å². The van der Waals surface area contributed by atoms with Gasteiger partial charge in [0.05, 0.1) is 17.7 Å². The molecule has 1 aliphatic rings. The molecule has 0 fully saturated rings. The number of nitrogens with one attached hydrogen (secondary N) is 1. The number of benzene rings is 2. The van der Waals surface area contributed by atoms with Crippen molar-refractivity contribution in [3.05, 3.63) is 30.3 Å². The van der Waals surface area contributed by atoms with Gasteiger partial charge in [0, 0.05) is 25.2 Å². The van der Waals surface area contributed by atoms with E-state index in [4.69, 9.17) is 0 Å². The van der Waals surface area contributed by atoms with E-state index in [2.05, 4.69) is 45.5 Å². The average Bonchev–Trinajstić information content (AvgIpc) is 2.30. The van der Waals surface area contributed by atoms with Crippen LogP contribution in [-0.2, 0) is 0 Å². The van der Waals surface area contributed by atoms with E-state index in [-0.39, 0.29) is 0 Å². The van der Waals surface area contributed by atoms with E-state index >= 15 is 0 Å². The van der Waals surface area contributed by atoms with Crippen LogP contribution >= 0.6 is 0 Å². The Morgan fingerprint density at radius 3 is 2.81 bits per heavy atom. The van der Waals surface area contributed by atoms with Crippen LogP contribution in [0.5, 0.6) is 0 Å². The molecule has 2 aromatic rings. The maximum absolute atomic E-state index is 4.45. The molecule has 2 aromatic carbocycles. The second kappa shape index (κ2) is 3.23. The SMILES string of the molecule is CN(C)c1ccc2cccc3c2c1N=CN3. The van der Waals surface area contributed by atoms with Crippen molar-refractivity contribution in [2.75, 3.05) is 24.3 Å². The molecule has 3 nitrogen and oxygen atoms in total. The van der Waals surface area contributed by atoms with Gasteiger partial charge < -0.3 is 10.2 Å². The predicted octanol–water partition coefficient (Wildman–Crippen LogP) is 2.99. The zero-order chi connectivity index (χ0) is 11.1. The van der Waals surface area contributed by atoms with Crippen LogP contribution in [0.3, 0.4) is 0 Å². The van der Waals surface area contributed by atoms with Crippen LogP contribution in [0.4, 0.5) is 17.1 Å². The Kier molecular flexibility index (Phi) is 1.86. The molecule has 0 saturated carbocycles. The van der Waals surface area contributed by atoms with Gasteiger partial charge in [0.1, 0.15) is 0 Å². The molecule has 1 heterocycles. The topological polar surface area (TPSA) is 27.6 Å². The lowest BCUT2D eigenvalue weighted by Gasteiger charge is -2.20. The van der Waals surface area contributed by atoms with Gasteiger partial charge in [-0.1, -0.05) is 18.2 Å². The van der Waals surface area contributed by atoms with E-state index < -0.39 is 0 Å². The Morgan fingerprint density at radius 1 is 1.12 bits per heavy atom. The summed E-state index contributed by atoms with van der Waals surface area (Å²) < 4.78 is 0. The molecule has 3 rings (SSSR count). The largest absolute Gasteiger partial charge is 0.376 e. The van der Waals surface area contributed by atoms with Crippen LogP contribution in [0, 0.1) is 0 Å². The second-order valence-electron chi connectivity index (χ2n) is 4.13. The fraction of sp³-hybridized carbons (Fsp3) is 0.154. The Balaban J connectivity index is 2.44. The Bertz CT molecular complexity index is 585. The smallest absolute Gasteiger partial charge is 0.0979 e. The molecular formula is C13H13N3. The molecular weight excluding hydrogens is 198 g/mol. The number of nitrogens with zero attached hydrogens (tertiary/aromatic N) is 2. The summed E-state index contributed by atoms with van der Waals surface area (Å²) in [7, 11) is 4.08. The maximum Gasteiger partial charge on any atom is 0.0979 e. The molecule has 0 aliphatic carbocycles. The van der Waals surface area contributed by atoms with Crippen LogP contribution in [0.2, 0.25) is 0 Å². The molecule has 80 valence electrons. The lowest BCUT2D eigenvalue weighted by molar-refractivity contribution is 1.13. The monoisotopic (exact) mass is 211 g/mol. The standard InChI is InChI=1S/C13H13N3/c1-16(2)11-7-6-9-4-3-5-10-12(9)13(11)15-8-14-10/h3-8H,1-2H3,(H,14,15). The summed E-state index contributed by atoms with van der Waals surface area (Å²) in [5, 5.41) is 5.61. The van der Waals surface area contributed by atoms with Gasteiger partial charge in [0.15, 0.2) is 0 Å². The van der Waals surface area contributed by atoms with Gasteiger partial charge in [-0.2, -0.15) is 0 Å². The normalized spacial score (nSPS) is 12.6. The predicted molar refractivity (Wildman–Crippen MR) is 70.0 cm³/mol. The van der Waals surface area contributed by atoms with Crippen molar-refractivity contribution < 1.29 is 0 Å². The molecule has 1 aliphatic heterocycles. The van der Waals surface area contributed by atoms with Crippen molar-refractivity contribution in [1.29, 1.82) is 0 Å². The summed E-state index contributed by atoms with van der Waals surface area (Å²) in [5.74, 6) is 0. The van der Waals surface area contributed by atoms with Gasteiger partial charge in [-0.05, 0) is 17.5 Å². The van der Waals surface area contributed by atoms with E-state index in [9.17, 15) is 0 Å². The molecule has 0 unspecified atom stereocenters. The number of rotatable bonds is 1. The van der Waals surface area contributed by atoms with Gasteiger partial charge in [-0.15, -0.1) is 0 Å². The van der Waals surface area contributed by atoms with Crippen molar-refractivity contribution in [2.45, 2.75) is 0 Å². The lowest BCUT2D eigenvalue weighted by atomic mass is 10.0. The molecule has 0 radical (unpaired) electrons. The second-order valence-corrected chi connectivity index (χ2v) is 4.13. The number of aliphatic imine (C=N–C) groups is 1.